The van der Waals surface area contributed by atoms with Gasteiger partial charge in [-0.05, 0) is 48.0 Å². The van der Waals surface area contributed by atoms with Crippen molar-refractivity contribution in [2.75, 3.05) is 5.32 Å². The molecule has 0 fully saturated rings. The number of anilines is 1. The Bertz CT molecular complexity index is 1110. The second-order valence-corrected chi connectivity index (χ2v) is 7.75. The van der Waals surface area contributed by atoms with Crippen LogP contribution in [0, 0.1) is 10.1 Å². The van der Waals surface area contributed by atoms with Gasteiger partial charge in [-0.3, -0.25) is 14.9 Å². The molecule has 29 heavy (non-hydrogen) atoms. The highest BCUT2D eigenvalue weighted by Gasteiger charge is 2.24. The van der Waals surface area contributed by atoms with Crippen LogP contribution in [0.15, 0.2) is 54.6 Å². The molecule has 1 aliphatic rings. The van der Waals surface area contributed by atoms with Crippen LogP contribution in [-0.4, -0.2) is 20.6 Å². The normalized spacial score (nSPS) is 12.9. The number of non-ortho nitro benzene ring substituents is 1. The maximum absolute atomic E-state index is 12.5. The summed E-state index contributed by atoms with van der Waals surface area (Å²) in [6.07, 6.45) is 3.01. The third-order valence-electron chi connectivity index (χ3n) is 4.40. The Labute approximate surface area is 175 Å². The molecule has 1 aromatic heterocycles. The molecule has 1 aliphatic heterocycles. The van der Waals surface area contributed by atoms with Gasteiger partial charge in [0.25, 0.3) is 5.69 Å². The van der Waals surface area contributed by atoms with Crippen molar-refractivity contribution in [3.63, 3.8) is 0 Å². The Morgan fingerprint density at radius 3 is 2.59 bits per heavy atom. The molecule has 3 aromatic rings. The molecule has 9 heteroatoms. The quantitative estimate of drug-likeness (QED) is 0.358. The zero-order valence-corrected chi connectivity index (χ0v) is 16.6. The molecule has 0 saturated carbocycles. The second-order valence-electron chi connectivity index (χ2n) is 6.33. The summed E-state index contributed by atoms with van der Waals surface area (Å²) in [7, 11) is 0. The predicted octanol–water partition coefficient (Wildman–Crippen LogP) is 4.83. The average Bonchev–Trinajstić information content (AvgIpc) is 3.30. The number of nitro benzene ring substituents is 1. The molecule has 0 bridgehead atoms. The summed E-state index contributed by atoms with van der Waals surface area (Å²) >= 11 is 7.73. The number of halogens is 1. The molecular weight excluding hydrogens is 412 g/mol. The minimum absolute atomic E-state index is 0.00605. The molecule has 0 unspecified atom stereocenters. The summed E-state index contributed by atoms with van der Waals surface area (Å²) in [5.41, 5.74) is 3.48. The van der Waals surface area contributed by atoms with Gasteiger partial charge >= 0.3 is 0 Å². The maximum Gasteiger partial charge on any atom is 0.269 e. The Morgan fingerprint density at radius 1 is 1.17 bits per heavy atom. The molecule has 2 heterocycles. The number of hydrogen-bond donors (Lipinski definition) is 1. The first-order chi connectivity index (χ1) is 14.0. The molecule has 0 spiro atoms. The van der Waals surface area contributed by atoms with Crippen LogP contribution >= 0.6 is 23.4 Å². The third-order valence-corrected chi connectivity index (χ3v) is 5.62. The molecule has 1 N–H and O–H groups in total. The molecule has 0 saturated heterocycles. The molecular formula is C20H15ClN4O3S. The van der Waals surface area contributed by atoms with Crippen molar-refractivity contribution in [3.8, 4) is 5.69 Å². The van der Waals surface area contributed by atoms with Crippen LogP contribution in [0.4, 0.5) is 11.5 Å². The number of amides is 1. The second kappa shape index (κ2) is 8.10. The van der Waals surface area contributed by atoms with E-state index in [-0.39, 0.29) is 11.6 Å². The SMILES string of the molecule is O=C(/C=C\c1ccc([N+](=O)[O-])cc1)Nc1c2c(nn1-c1ccc(Cl)cc1)CSC2. The lowest BCUT2D eigenvalue weighted by molar-refractivity contribution is -0.384. The van der Waals surface area contributed by atoms with E-state index in [1.165, 1.54) is 18.2 Å². The highest BCUT2D eigenvalue weighted by molar-refractivity contribution is 7.98. The number of aromatic nitrogens is 2. The van der Waals surface area contributed by atoms with E-state index in [1.54, 1.807) is 46.8 Å². The summed E-state index contributed by atoms with van der Waals surface area (Å²) in [5.74, 6) is 1.92. The number of nitro groups is 1. The van der Waals surface area contributed by atoms with Crippen molar-refractivity contribution < 1.29 is 9.72 Å². The Morgan fingerprint density at radius 2 is 1.90 bits per heavy atom. The molecule has 0 radical (unpaired) electrons. The number of carbonyl (C=O) groups is 1. The van der Waals surface area contributed by atoms with Crippen molar-refractivity contribution in [1.29, 1.82) is 0 Å². The Hall–Kier alpha value is -3.10. The van der Waals surface area contributed by atoms with E-state index in [0.717, 1.165) is 28.5 Å². The first-order valence-electron chi connectivity index (χ1n) is 8.69. The highest BCUT2D eigenvalue weighted by atomic mass is 35.5. The fraction of sp³-hybridized carbons (Fsp3) is 0.100. The Balaban J connectivity index is 1.56. The molecule has 7 nitrogen and oxygen atoms in total. The van der Waals surface area contributed by atoms with Crippen molar-refractivity contribution in [2.24, 2.45) is 0 Å². The lowest BCUT2D eigenvalue weighted by atomic mass is 10.2. The van der Waals surface area contributed by atoms with Gasteiger partial charge in [0.05, 0.1) is 16.3 Å². The summed E-state index contributed by atoms with van der Waals surface area (Å²) in [4.78, 5) is 22.8. The summed E-state index contributed by atoms with van der Waals surface area (Å²) < 4.78 is 1.72. The molecule has 1 amide bonds. The monoisotopic (exact) mass is 426 g/mol. The maximum atomic E-state index is 12.5. The van der Waals surface area contributed by atoms with Gasteiger partial charge in [-0.15, -0.1) is 0 Å². The van der Waals surface area contributed by atoms with Crippen molar-refractivity contribution in [2.45, 2.75) is 11.5 Å². The number of rotatable bonds is 5. The first kappa shape index (κ1) is 19.2. The number of fused-ring (bicyclic) bond motifs is 1. The summed E-state index contributed by atoms with van der Waals surface area (Å²) in [5, 5.41) is 18.9. The zero-order valence-electron chi connectivity index (χ0n) is 15.0. The number of thioether (sulfide) groups is 1. The minimum Gasteiger partial charge on any atom is -0.307 e. The predicted molar refractivity (Wildman–Crippen MR) is 114 cm³/mol. The molecule has 2 aromatic carbocycles. The van der Waals surface area contributed by atoms with E-state index in [0.29, 0.717) is 16.4 Å². The van der Waals surface area contributed by atoms with Gasteiger partial charge in [0.1, 0.15) is 5.82 Å². The number of carbonyl (C=O) groups excluding carboxylic acids is 1. The lowest BCUT2D eigenvalue weighted by Gasteiger charge is -2.10. The fourth-order valence-corrected chi connectivity index (χ4v) is 4.11. The van der Waals surface area contributed by atoms with Gasteiger partial charge in [0, 0.05) is 40.3 Å². The molecule has 0 atom stereocenters. The number of benzene rings is 2. The van der Waals surface area contributed by atoms with Crippen LogP contribution in [0.25, 0.3) is 11.8 Å². The van der Waals surface area contributed by atoms with Crippen LogP contribution in [-0.2, 0) is 16.3 Å². The zero-order chi connectivity index (χ0) is 20.4. The highest BCUT2D eigenvalue weighted by Crippen LogP contribution is 2.36. The molecule has 4 rings (SSSR count). The van der Waals surface area contributed by atoms with Gasteiger partial charge in [0.15, 0.2) is 0 Å². The van der Waals surface area contributed by atoms with Crippen LogP contribution in [0.5, 0.6) is 0 Å². The van der Waals surface area contributed by atoms with Crippen LogP contribution < -0.4 is 5.32 Å². The largest absolute Gasteiger partial charge is 0.307 e. The van der Waals surface area contributed by atoms with E-state index in [4.69, 9.17) is 11.6 Å². The van der Waals surface area contributed by atoms with Crippen molar-refractivity contribution in [1.82, 2.24) is 9.78 Å². The average molecular weight is 427 g/mol. The standard InChI is InChI=1S/C20H15ClN4O3S/c21-14-4-8-15(9-5-14)24-20(17-11-29-12-18(17)23-24)22-19(26)10-3-13-1-6-16(7-2-13)25(27)28/h1-10H,11-12H2,(H,22,26)/b10-3-. The Kier molecular flexibility index (Phi) is 5.37. The van der Waals surface area contributed by atoms with E-state index in [1.807, 2.05) is 12.1 Å². The topological polar surface area (TPSA) is 90.1 Å². The van der Waals surface area contributed by atoms with Crippen molar-refractivity contribution >= 4 is 46.9 Å². The lowest BCUT2D eigenvalue weighted by Crippen LogP contribution is -2.13. The minimum atomic E-state index is -0.462. The van der Waals surface area contributed by atoms with E-state index < -0.39 is 4.92 Å². The number of nitrogens with zero attached hydrogens (tertiary/aromatic N) is 3. The number of nitrogens with one attached hydrogen (secondary N) is 1. The third kappa shape index (κ3) is 4.18. The summed E-state index contributed by atoms with van der Waals surface area (Å²) in [6, 6.07) is 13.2. The molecule has 0 aliphatic carbocycles. The smallest absolute Gasteiger partial charge is 0.269 e. The molecule has 146 valence electrons. The van der Waals surface area contributed by atoms with Gasteiger partial charge < -0.3 is 5.32 Å². The fourth-order valence-electron chi connectivity index (χ4n) is 2.95. The van der Waals surface area contributed by atoms with Crippen LogP contribution in [0.2, 0.25) is 5.02 Å². The van der Waals surface area contributed by atoms with Gasteiger partial charge in [-0.25, -0.2) is 4.68 Å². The van der Waals surface area contributed by atoms with Gasteiger partial charge in [-0.1, -0.05) is 11.6 Å². The van der Waals surface area contributed by atoms with Crippen molar-refractivity contribution in [3.05, 3.63) is 86.6 Å². The van der Waals surface area contributed by atoms with E-state index in [9.17, 15) is 14.9 Å². The van der Waals surface area contributed by atoms with Gasteiger partial charge in [0.2, 0.25) is 5.91 Å². The van der Waals surface area contributed by atoms with Crippen LogP contribution in [0.3, 0.4) is 0 Å². The van der Waals surface area contributed by atoms with E-state index in [2.05, 4.69) is 10.4 Å². The number of hydrogen-bond acceptors (Lipinski definition) is 5. The summed E-state index contributed by atoms with van der Waals surface area (Å²) in [6.45, 7) is 0. The van der Waals surface area contributed by atoms with Crippen LogP contribution in [0.1, 0.15) is 16.8 Å². The van der Waals surface area contributed by atoms with E-state index >= 15 is 0 Å². The van der Waals surface area contributed by atoms with Gasteiger partial charge in [-0.2, -0.15) is 16.9 Å². The first-order valence-corrected chi connectivity index (χ1v) is 10.2.